The maximum atomic E-state index is 5.03. The van der Waals surface area contributed by atoms with Gasteiger partial charge in [-0.15, -0.1) is 0 Å². The molecular weight excluding hydrogens is 352 g/mol. The van der Waals surface area contributed by atoms with Crippen LogP contribution in [0.3, 0.4) is 0 Å². The molecule has 2 aromatic rings. The van der Waals surface area contributed by atoms with Crippen LogP contribution < -0.4 is 5.32 Å². The van der Waals surface area contributed by atoms with E-state index in [1.54, 1.807) is 0 Å². The molecule has 0 spiro atoms. The summed E-state index contributed by atoms with van der Waals surface area (Å²) in [6, 6.07) is 8.39. The Kier molecular flexibility index (Phi) is 4.16. The number of piperidine rings is 1. The molecule has 0 bridgehead atoms. The Morgan fingerprint density at radius 3 is 2.87 bits per heavy atom. The van der Waals surface area contributed by atoms with Gasteiger partial charge in [0.2, 0.25) is 0 Å². The Bertz CT molecular complexity index is 701. The molecule has 1 aromatic heterocycles. The Hall–Kier alpha value is -1.33. The molecule has 1 fully saturated rings. The van der Waals surface area contributed by atoms with Gasteiger partial charge in [0, 0.05) is 22.5 Å². The number of likely N-dealkylation sites (tertiary alicyclic amines) is 1. The average Bonchev–Trinajstić information content (AvgIpc) is 3.17. The van der Waals surface area contributed by atoms with Crippen molar-refractivity contribution in [3.63, 3.8) is 0 Å². The van der Waals surface area contributed by atoms with Crippen molar-refractivity contribution >= 4 is 21.7 Å². The Morgan fingerprint density at radius 1 is 1.30 bits per heavy atom. The van der Waals surface area contributed by atoms with Crippen molar-refractivity contribution in [2.75, 3.05) is 31.5 Å². The number of nitrogens with one attached hydrogen (secondary N) is 1. The second-order valence-corrected chi connectivity index (χ2v) is 7.41. The van der Waals surface area contributed by atoms with E-state index in [1.807, 2.05) is 0 Å². The number of halogens is 1. The van der Waals surface area contributed by atoms with Crippen molar-refractivity contribution < 1.29 is 0 Å². The topological polar surface area (TPSA) is 33.1 Å². The summed E-state index contributed by atoms with van der Waals surface area (Å²) >= 11 is 3.57. The number of benzene rings is 1. The molecule has 0 saturated carbocycles. The van der Waals surface area contributed by atoms with Crippen LogP contribution in [0, 0.1) is 0 Å². The number of rotatable bonds is 3. The lowest BCUT2D eigenvalue weighted by Crippen LogP contribution is -2.33. The first kappa shape index (κ1) is 15.2. The molecule has 2 aliphatic rings. The first-order valence-electron chi connectivity index (χ1n) is 8.60. The molecule has 122 valence electrons. The van der Waals surface area contributed by atoms with Gasteiger partial charge in [-0.2, -0.15) is 5.10 Å². The quantitative estimate of drug-likeness (QED) is 0.886. The fourth-order valence-corrected chi connectivity index (χ4v) is 4.23. The summed E-state index contributed by atoms with van der Waals surface area (Å²) in [5.41, 5.74) is 3.91. The van der Waals surface area contributed by atoms with Crippen molar-refractivity contribution in [2.24, 2.45) is 0 Å². The maximum Gasteiger partial charge on any atom is 0.133 e. The molecule has 0 radical (unpaired) electrons. The minimum absolute atomic E-state index is 0.611. The summed E-state index contributed by atoms with van der Waals surface area (Å²) < 4.78 is 3.20. The molecule has 4 rings (SSSR count). The van der Waals surface area contributed by atoms with Crippen LogP contribution in [0.1, 0.15) is 36.9 Å². The number of hydrogen-bond donors (Lipinski definition) is 1. The van der Waals surface area contributed by atoms with Crippen LogP contribution >= 0.6 is 15.9 Å². The first-order chi connectivity index (χ1) is 11.3. The standard InChI is InChI=1S/C18H23BrN4/c1-2-22-10-7-13(8-11-22)17-16-6-9-20-18(16)23(21-17)15-5-3-4-14(19)12-15/h3-5,12-13,20H,2,6-11H2,1H3. The van der Waals surface area contributed by atoms with Crippen molar-refractivity contribution in [1.82, 2.24) is 14.7 Å². The molecule has 3 heterocycles. The number of nitrogens with zero attached hydrogens (tertiary/aromatic N) is 3. The minimum Gasteiger partial charge on any atom is -0.369 e. The van der Waals surface area contributed by atoms with Crippen molar-refractivity contribution in [2.45, 2.75) is 32.1 Å². The van der Waals surface area contributed by atoms with E-state index in [0.29, 0.717) is 5.92 Å². The predicted molar refractivity (Wildman–Crippen MR) is 97.5 cm³/mol. The van der Waals surface area contributed by atoms with Crippen molar-refractivity contribution in [3.05, 3.63) is 40.0 Å². The third-order valence-electron chi connectivity index (χ3n) is 5.16. The van der Waals surface area contributed by atoms with Crippen LogP contribution in [0.2, 0.25) is 0 Å². The third kappa shape index (κ3) is 2.81. The lowest BCUT2D eigenvalue weighted by Gasteiger charge is -2.30. The third-order valence-corrected chi connectivity index (χ3v) is 5.65. The smallest absolute Gasteiger partial charge is 0.133 e. The van der Waals surface area contributed by atoms with E-state index in [-0.39, 0.29) is 0 Å². The second-order valence-electron chi connectivity index (χ2n) is 6.49. The SMILES string of the molecule is CCN1CCC(c2nn(-c3cccc(Br)c3)c3c2CCN3)CC1. The van der Waals surface area contributed by atoms with Crippen molar-refractivity contribution in [3.8, 4) is 5.69 Å². The zero-order valence-corrected chi connectivity index (χ0v) is 15.1. The van der Waals surface area contributed by atoms with Crippen LogP contribution in [0.15, 0.2) is 28.7 Å². The average molecular weight is 375 g/mol. The van der Waals surface area contributed by atoms with Gasteiger partial charge < -0.3 is 10.2 Å². The van der Waals surface area contributed by atoms with E-state index in [0.717, 1.165) is 23.1 Å². The predicted octanol–water partition coefficient (Wildman–Crippen LogP) is 3.80. The van der Waals surface area contributed by atoms with Gasteiger partial charge in [0.15, 0.2) is 0 Å². The van der Waals surface area contributed by atoms with Gasteiger partial charge in [-0.1, -0.05) is 28.9 Å². The van der Waals surface area contributed by atoms with Crippen LogP contribution in [0.4, 0.5) is 5.82 Å². The van der Waals surface area contributed by atoms with Crippen LogP contribution in [0.25, 0.3) is 5.69 Å². The monoisotopic (exact) mass is 374 g/mol. The van der Waals surface area contributed by atoms with Crippen LogP contribution in [-0.4, -0.2) is 40.9 Å². The van der Waals surface area contributed by atoms with Crippen LogP contribution in [0.5, 0.6) is 0 Å². The highest BCUT2D eigenvalue weighted by molar-refractivity contribution is 9.10. The number of hydrogen-bond acceptors (Lipinski definition) is 3. The second kappa shape index (κ2) is 6.29. The van der Waals surface area contributed by atoms with Gasteiger partial charge >= 0.3 is 0 Å². The molecule has 5 heteroatoms. The van der Waals surface area contributed by atoms with Crippen molar-refractivity contribution in [1.29, 1.82) is 0 Å². The van der Waals surface area contributed by atoms with E-state index >= 15 is 0 Å². The maximum absolute atomic E-state index is 5.03. The van der Waals surface area contributed by atoms with E-state index in [2.05, 4.69) is 62.0 Å². The number of aromatic nitrogens is 2. The molecule has 1 aromatic carbocycles. The summed E-state index contributed by atoms with van der Waals surface area (Å²) in [4.78, 5) is 2.54. The molecule has 1 saturated heterocycles. The van der Waals surface area contributed by atoms with E-state index in [4.69, 9.17) is 5.10 Å². The highest BCUT2D eigenvalue weighted by Crippen LogP contribution is 2.37. The van der Waals surface area contributed by atoms with Gasteiger partial charge in [0.25, 0.3) is 0 Å². The number of fused-ring (bicyclic) bond motifs is 1. The lowest BCUT2D eigenvalue weighted by molar-refractivity contribution is 0.220. The molecule has 0 unspecified atom stereocenters. The summed E-state index contributed by atoms with van der Waals surface area (Å²) in [6.45, 7) is 6.85. The van der Waals surface area contributed by atoms with E-state index < -0.39 is 0 Å². The highest BCUT2D eigenvalue weighted by atomic mass is 79.9. The number of anilines is 1. The fraction of sp³-hybridized carbons (Fsp3) is 0.500. The zero-order valence-electron chi connectivity index (χ0n) is 13.6. The molecular formula is C18H23BrN4. The molecule has 0 atom stereocenters. The van der Waals surface area contributed by atoms with Gasteiger partial charge in [-0.3, -0.25) is 0 Å². The van der Waals surface area contributed by atoms with E-state index in [9.17, 15) is 0 Å². The summed E-state index contributed by atoms with van der Waals surface area (Å²) in [5, 5.41) is 8.57. The minimum atomic E-state index is 0.611. The molecule has 1 N–H and O–H groups in total. The fourth-order valence-electron chi connectivity index (χ4n) is 3.85. The van der Waals surface area contributed by atoms with Crippen LogP contribution in [-0.2, 0) is 6.42 Å². The molecule has 0 amide bonds. The zero-order chi connectivity index (χ0) is 15.8. The Balaban J connectivity index is 1.68. The lowest BCUT2D eigenvalue weighted by atomic mass is 9.91. The molecule has 0 aliphatic carbocycles. The van der Waals surface area contributed by atoms with E-state index in [1.165, 1.54) is 49.6 Å². The molecule has 23 heavy (non-hydrogen) atoms. The molecule has 4 nitrogen and oxygen atoms in total. The summed E-state index contributed by atoms with van der Waals surface area (Å²) in [6.07, 6.45) is 3.57. The molecule has 2 aliphatic heterocycles. The normalized spacial score (nSPS) is 18.9. The summed E-state index contributed by atoms with van der Waals surface area (Å²) in [7, 11) is 0. The first-order valence-corrected chi connectivity index (χ1v) is 9.39. The Labute approximate surface area is 146 Å². The highest BCUT2D eigenvalue weighted by Gasteiger charge is 2.29. The summed E-state index contributed by atoms with van der Waals surface area (Å²) in [5.74, 6) is 1.82. The Morgan fingerprint density at radius 2 is 2.13 bits per heavy atom. The van der Waals surface area contributed by atoms with Gasteiger partial charge in [-0.05, 0) is 57.1 Å². The largest absolute Gasteiger partial charge is 0.369 e. The van der Waals surface area contributed by atoms with Gasteiger partial charge in [0.05, 0.1) is 11.4 Å². The van der Waals surface area contributed by atoms with Gasteiger partial charge in [0.1, 0.15) is 5.82 Å². The van der Waals surface area contributed by atoms with Gasteiger partial charge in [-0.25, -0.2) is 4.68 Å².